The van der Waals surface area contributed by atoms with Gasteiger partial charge in [0.2, 0.25) is 0 Å². The minimum absolute atomic E-state index is 0.0329. The molecule has 1 aromatic carbocycles. The third-order valence-corrected chi connectivity index (χ3v) is 3.69. The molecule has 2 unspecified atom stereocenters. The van der Waals surface area contributed by atoms with E-state index >= 15 is 0 Å². The van der Waals surface area contributed by atoms with Crippen molar-refractivity contribution >= 4 is 34.9 Å². The van der Waals surface area contributed by atoms with E-state index in [1.54, 1.807) is 23.1 Å². The molecule has 3 N–H and O–H groups in total. The van der Waals surface area contributed by atoms with E-state index in [9.17, 15) is 4.79 Å². The van der Waals surface area contributed by atoms with Crippen molar-refractivity contribution in [1.29, 1.82) is 0 Å². The number of amides is 2. The van der Waals surface area contributed by atoms with Crippen molar-refractivity contribution in [3.63, 3.8) is 0 Å². The number of likely N-dealkylation sites (tertiary alicyclic amines) is 1. The summed E-state index contributed by atoms with van der Waals surface area (Å²) in [5, 5.41) is 3.74. The molecule has 0 aromatic heterocycles. The molecule has 2 atom stereocenters. The Bertz CT molecular complexity index is 457. The van der Waals surface area contributed by atoms with E-state index < -0.39 is 0 Å². The second kappa shape index (κ2) is 5.34. The lowest BCUT2D eigenvalue weighted by atomic mass is 10.1. The SMILES string of the molecule is CC1CN(C(=O)Nc2cc(Cl)ccc2Cl)CC1N. The van der Waals surface area contributed by atoms with Gasteiger partial charge >= 0.3 is 6.03 Å². The number of nitrogens with one attached hydrogen (secondary N) is 1. The summed E-state index contributed by atoms with van der Waals surface area (Å²) in [5.74, 6) is 0.311. The molecule has 1 aliphatic rings. The van der Waals surface area contributed by atoms with Crippen molar-refractivity contribution in [2.24, 2.45) is 11.7 Å². The topological polar surface area (TPSA) is 58.4 Å². The van der Waals surface area contributed by atoms with Crippen molar-refractivity contribution in [2.45, 2.75) is 13.0 Å². The number of nitrogens with two attached hydrogens (primary N) is 1. The lowest BCUT2D eigenvalue weighted by molar-refractivity contribution is 0.221. The molecule has 18 heavy (non-hydrogen) atoms. The number of carbonyl (C=O) groups excluding carboxylic acids is 1. The zero-order valence-electron chi connectivity index (χ0n) is 9.99. The Morgan fingerprint density at radius 3 is 2.78 bits per heavy atom. The van der Waals surface area contributed by atoms with Crippen LogP contribution in [0.2, 0.25) is 10.0 Å². The van der Waals surface area contributed by atoms with Crippen LogP contribution in [0.15, 0.2) is 18.2 Å². The maximum absolute atomic E-state index is 12.0. The fraction of sp³-hybridized carbons (Fsp3) is 0.417. The summed E-state index contributed by atoms with van der Waals surface area (Å²) in [6, 6.07) is 4.79. The molecule has 1 aromatic rings. The Kier molecular flexibility index (Phi) is 4.00. The molecule has 1 saturated heterocycles. The van der Waals surface area contributed by atoms with Gasteiger partial charge in [0.15, 0.2) is 0 Å². The third-order valence-electron chi connectivity index (χ3n) is 3.13. The van der Waals surface area contributed by atoms with Crippen LogP contribution in [0, 0.1) is 5.92 Å². The molecule has 0 spiro atoms. The van der Waals surface area contributed by atoms with Gasteiger partial charge in [-0.1, -0.05) is 30.1 Å². The second-order valence-electron chi connectivity index (χ2n) is 4.60. The first kappa shape index (κ1) is 13.5. The summed E-state index contributed by atoms with van der Waals surface area (Å²) < 4.78 is 0. The van der Waals surface area contributed by atoms with Crippen molar-refractivity contribution in [2.75, 3.05) is 18.4 Å². The molecule has 0 radical (unpaired) electrons. The van der Waals surface area contributed by atoms with E-state index in [0.29, 0.717) is 34.7 Å². The van der Waals surface area contributed by atoms with Crippen LogP contribution in [-0.4, -0.2) is 30.1 Å². The van der Waals surface area contributed by atoms with Crippen molar-refractivity contribution in [3.05, 3.63) is 28.2 Å². The van der Waals surface area contributed by atoms with Crippen molar-refractivity contribution < 1.29 is 4.79 Å². The highest BCUT2D eigenvalue weighted by molar-refractivity contribution is 6.35. The lowest BCUT2D eigenvalue weighted by Crippen LogP contribution is -2.35. The molecule has 0 saturated carbocycles. The largest absolute Gasteiger partial charge is 0.326 e. The number of anilines is 1. The van der Waals surface area contributed by atoms with Gasteiger partial charge in [0.25, 0.3) is 0 Å². The van der Waals surface area contributed by atoms with E-state index in [1.165, 1.54) is 0 Å². The Morgan fingerprint density at radius 1 is 1.44 bits per heavy atom. The summed E-state index contributed by atoms with van der Waals surface area (Å²) in [4.78, 5) is 13.7. The zero-order chi connectivity index (χ0) is 13.3. The summed E-state index contributed by atoms with van der Waals surface area (Å²) >= 11 is 11.9. The molecule has 4 nitrogen and oxygen atoms in total. The predicted molar refractivity (Wildman–Crippen MR) is 74.2 cm³/mol. The highest BCUT2D eigenvalue weighted by atomic mass is 35.5. The van der Waals surface area contributed by atoms with Gasteiger partial charge in [-0.15, -0.1) is 0 Å². The summed E-state index contributed by atoms with van der Waals surface area (Å²) in [6.07, 6.45) is 0. The van der Waals surface area contributed by atoms with Crippen molar-refractivity contribution in [1.82, 2.24) is 4.90 Å². The number of rotatable bonds is 1. The fourth-order valence-electron chi connectivity index (χ4n) is 1.95. The maximum atomic E-state index is 12.0. The maximum Gasteiger partial charge on any atom is 0.321 e. The van der Waals surface area contributed by atoms with Crippen LogP contribution in [-0.2, 0) is 0 Å². The van der Waals surface area contributed by atoms with Gasteiger partial charge in [-0.05, 0) is 24.1 Å². The van der Waals surface area contributed by atoms with Crippen LogP contribution < -0.4 is 11.1 Å². The first-order chi connectivity index (χ1) is 8.47. The standard InChI is InChI=1S/C12H15Cl2N3O/c1-7-5-17(6-10(7)15)12(18)16-11-4-8(13)2-3-9(11)14/h2-4,7,10H,5-6,15H2,1H3,(H,16,18). The second-order valence-corrected chi connectivity index (χ2v) is 5.44. The molecule has 2 amide bonds. The minimum atomic E-state index is -0.195. The molecule has 2 rings (SSSR count). The van der Waals surface area contributed by atoms with Gasteiger partial charge in [-0.25, -0.2) is 4.79 Å². The van der Waals surface area contributed by atoms with Gasteiger partial charge in [0, 0.05) is 24.2 Å². The van der Waals surface area contributed by atoms with E-state index in [0.717, 1.165) is 0 Å². The number of nitrogens with zero attached hydrogens (tertiary/aromatic N) is 1. The van der Waals surface area contributed by atoms with Crippen LogP contribution in [0.25, 0.3) is 0 Å². The van der Waals surface area contributed by atoms with Crippen molar-refractivity contribution in [3.8, 4) is 0 Å². The average Bonchev–Trinajstić information content (AvgIpc) is 2.64. The average molecular weight is 288 g/mol. The molecular weight excluding hydrogens is 273 g/mol. The molecule has 0 aliphatic carbocycles. The van der Waals surface area contributed by atoms with Gasteiger partial charge in [-0.2, -0.15) is 0 Å². The third kappa shape index (κ3) is 2.88. The normalized spacial score (nSPS) is 23.2. The summed E-state index contributed by atoms with van der Waals surface area (Å²) in [6.45, 7) is 3.25. The number of urea groups is 1. The van der Waals surface area contributed by atoms with Crippen LogP contribution in [0.4, 0.5) is 10.5 Å². The molecule has 1 fully saturated rings. The fourth-order valence-corrected chi connectivity index (χ4v) is 2.28. The smallest absolute Gasteiger partial charge is 0.321 e. The molecular formula is C12H15Cl2N3O. The first-order valence-corrected chi connectivity index (χ1v) is 6.49. The Hall–Kier alpha value is -0.970. The van der Waals surface area contributed by atoms with Crippen LogP contribution in [0.5, 0.6) is 0 Å². The Morgan fingerprint density at radius 2 is 2.17 bits per heavy atom. The number of benzene rings is 1. The summed E-state index contributed by atoms with van der Waals surface area (Å²) in [7, 11) is 0. The Labute approximate surface area is 116 Å². The van der Waals surface area contributed by atoms with E-state index in [4.69, 9.17) is 28.9 Å². The lowest BCUT2D eigenvalue weighted by Gasteiger charge is -2.17. The van der Waals surface area contributed by atoms with Gasteiger partial charge in [-0.3, -0.25) is 0 Å². The van der Waals surface area contributed by atoms with Gasteiger partial charge in [0.1, 0.15) is 0 Å². The highest BCUT2D eigenvalue weighted by Gasteiger charge is 2.29. The molecule has 98 valence electrons. The van der Waals surface area contributed by atoms with E-state index in [2.05, 4.69) is 5.32 Å². The molecule has 6 heteroatoms. The first-order valence-electron chi connectivity index (χ1n) is 5.74. The number of halogens is 2. The molecule has 0 bridgehead atoms. The van der Waals surface area contributed by atoms with Crippen LogP contribution in [0.3, 0.4) is 0 Å². The molecule has 1 aliphatic heterocycles. The zero-order valence-corrected chi connectivity index (χ0v) is 11.5. The van der Waals surface area contributed by atoms with Gasteiger partial charge < -0.3 is 16.0 Å². The highest BCUT2D eigenvalue weighted by Crippen LogP contribution is 2.26. The molecule has 1 heterocycles. The monoisotopic (exact) mass is 287 g/mol. The quantitative estimate of drug-likeness (QED) is 0.834. The number of hydrogen-bond acceptors (Lipinski definition) is 2. The van der Waals surface area contributed by atoms with E-state index in [-0.39, 0.29) is 12.1 Å². The number of carbonyl (C=O) groups is 1. The number of hydrogen-bond donors (Lipinski definition) is 2. The summed E-state index contributed by atoms with van der Waals surface area (Å²) in [5.41, 5.74) is 6.40. The van der Waals surface area contributed by atoms with Crippen LogP contribution in [0.1, 0.15) is 6.92 Å². The van der Waals surface area contributed by atoms with Crippen LogP contribution >= 0.6 is 23.2 Å². The van der Waals surface area contributed by atoms with E-state index in [1.807, 2.05) is 6.92 Å². The predicted octanol–water partition coefficient (Wildman–Crippen LogP) is 2.80. The minimum Gasteiger partial charge on any atom is -0.326 e. The Balaban J connectivity index is 2.05. The van der Waals surface area contributed by atoms with Gasteiger partial charge in [0.05, 0.1) is 10.7 Å².